The van der Waals surface area contributed by atoms with E-state index >= 15 is 0 Å². The summed E-state index contributed by atoms with van der Waals surface area (Å²) in [5.41, 5.74) is 1.15. The summed E-state index contributed by atoms with van der Waals surface area (Å²) in [6.45, 7) is 7.22. The third kappa shape index (κ3) is 6.89. The van der Waals surface area contributed by atoms with E-state index < -0.39 is 0 Å². The second-order valence-corrected chi connectivity index (χ2v) is 6.58. The first-order chi connectivity index (χ1) is 13.7. The molecule has 0 aliphatic heterocycles. The average Bonchev–Trinajstić information content (AvgIpc) is 2.75. The summed E-state index contributed by atoms with van der Waals surface area (Å²) < 4.78 is 11.0. The molecule has 2 rings (SSSR count). The molecule has 0 bridgehead atoms. The fourth-order valence-corrected chi connectivity index (χ4v) is 3.21. The van der Waals surface area contributed by atoms with Gasteiger partial charge in [-0.05, 0) is 49.3 Å². The molecule has 1 unspecified atom stereocenters. The number of rotatable bonds is 12. The van der Waals surface area contributed by atoms with Gasteiger partial charge in [-0.1, -0.05) is 44.2 Å². The molecule has 152 valence electrons. The molecule has 0 saturated carbocycles. The smallest absolute Gasteiger partial charge is 0.220 e. The van der Waals surface area contributed by atoms with Crippen LogP contribution in [0.5, 0.6) is 11.5 Å². The Morgan fingerprint density at radius 3 is 2.43 bits per heavy atom. The molecule has 0 fully saturated rings. The minimum absolute atomic E-state index is 0.0525. The molecule has 0 aliphatic rings. The van der Waals surface area contributed by atoms with E-state index in [-0.39, 0.29) is 11.9 Å². The summed E-state index contributed by atoms with van der Waals surface area (Å²) in [6.07, 6.45) is 1.14. The minimum Gasteiger partial charge on any atom is -0.497 e. The predicted octanol–water partition coefficient (Wildman–Crippen LogP) is 4.05. The first-order valence-corrected chi connectivity index (χ1v) is 10.0. The summed E-state index contributed by atoms with van der Waals surface area (Å²) >= 11 is 0. The number of likely N-dealkylation sites (N-methyl/N-ethyl adjacent to an activating group) is 1. The maximum atomic E-state index is 12.3. The number of methoxy groups -OCH3 is 1. The summed E-state index contributed by atoms with van der Waals surface area (Å²) in [6, 6.07) is 17.9. The van der Waals surface area contributed by atoms with Crippen molar-refractivity contribution in [3.63, 3.8) is 0 Å². The fourth-order valence-electron chi connectivity index (χ4n) is 3.21. The molecule has 0 radical (unpaired) electrons. The lowest BCUT2D eigenvalue weighted by molar-refractivity contribution is -0.121. The highest BCUT2D eigenvalue weighted by atomic mass is 16.5. The Labute approximate surface area is 168 Å². The normalized spacial score (nSPS) is 11.9. The van der Waals surface area contributed by atoms with Gasteiger partial charge in [0.15, 0.2) is 0 Å². The van der Waals surface area contributed by atoms with Gasteiger partial charge in [-0.2, -0.15) is 0 Å². The van der Waals surface area contributed by atoms with Crippen molar-refractivity contribution in [3.8, 4) is 11.5 Å². The largest absolute Gasteiger partial charge is 0.497 e. The predicted molar refractivity (Wildman–Crippen MR) is 113 cm³/mol. The first kappa shape index (κ1) is 21.8. The van der Waals surface area contributed by atoms with Crippen molar-refractivity contribution in [2.24, 2.45) is 0 Å². The molecule has 0 aliphatic carbocycles. The Hall–Kier alpha value is -2.53. The molecular weight excluding hydrogens is 352 g/mol. The van der Waals surface area contributed by atoms with Crippen LogP contribution >= 0.6 is 0 Å². The average molecular weight is 385 g/mol. The number of ether oxygens (including phenoxy) is 2. The van der Waals surface area contributed by atoms with E-state index in [1.165, 1.54) is 0 Å². The molecule has 1 N–H and O–H groups in total. The zero-order valence-electron chi connectivity index (χ0n) is 17.2. The number of hydrogen-bond donors (Lipinski definition) is 1. The lowest BCUT2D eigenvalue weighted by Gasteiger charge is -2.30. The Morgan fingerprint density at radius 1 is 1.04 bits per heavy atom. The molecule has 5 heteroatoms. The van der Waals surface area contributed by atoms with E-state index in [9.17, 15) is 4.79 Å². The lowest BCUT2D eigenvalue weighted by atomic mass is 10.0. The molecule has 28 heavy (non-hydrogen) atoms. The van der Waals surface area contributed by atoms with Gasteiger partial charge in [0, 0.05) is 13.0 Å². The van der Waals surface area contributed by atoms with Gasteiger partial charge < -0.3 is 14.8 Å². The highest BCUT2D eigenvalue weighted by Gasteiger charge is 2.19. The van der Waals surface area contributed by atoms with E-state index in [1.54, 1.807) is 7.11 Å². The highest BCUT2D eigenvalue weighted by Crippen LogP contribution is 2.23. The number of carbonyl (C=O) groups is 1. The highest BCUT2D eigenvalue weighted by molar-refractivity contribution is 5.75. The fraction of sp³-hybridized carbons (Fsp3) is 0.435. The van der Waals surface area contributed by atoms with E-state index in [2.05, 4.69) is 30.1 Å². The van der Waals surface area contributed by atoms with Crippen LogP contribution in [0.1, 0.15) is 38.3 Å². The van der Waals surface area contributed by atoms with Crippen molar-refractivity contribution < 1.29 is 14.3 Å². The van der Waals surface area contributed by atoms with Gasteiger partial charge in [-0.3, -0.25) is 9.69 Å². The molecular formula is C23H32N2O3. The van der Waals surface area contributed by atoms with Gasteiger partial charge in [0.05, 0.1) is 19.8 Å². The van der Waals surface area contributed by atoms with E-state index in [4.69, 9.17) is 9.47 Å². The minimum atomic E-state index is 0.0525. The third-order valence-electron chi connectivity index (χ3n) is 4.78. The summed E-state index contributed by atoms with van der Waals surface area (Å²) in [5, 5.41) is 3.09. The van der Waals surface area contributed by atoms with Gasteiger partial charge in [0.2, 0.25) is 5.91 Å². The number of nitrogens with zero attached hydrogens (tertiary/aromatic N) is 1. The molecule has 0 aromatic heterocycles. The number of benzene rings is 2. The van der Waals surface area contributed by atoms with Gasteiger partial charge in [-0.25, -0.2) is 0 Å². The van der Waals surface area contributed by atoms with Gasteiger partial charge in [-0.15, -0.1) is 0 Å². The summed E-state index contributed by atoms with van der Waals surface area (Å²) in [4.78, 5) is 14.6. The number of carbonyl (C=O) groups excluding carboxylic acids is 1. The van der Waals surface area contributed by atoms with Crippen molar-refractivity contribution in [1.29, 1.82) is 0 Å². The zero-order valence-corrected chi connectivity index (χ0v) is 17.2. The first-order valence-electron chi connectivity index (χ1n) is 10.0. The molecule has 5 nitrogen and oxygen atoms in total. The Morgan fingerprint density at radius 2 is 1.75 bits per heavy atom. The van der Waals surface area contributed by atoms with Crippen LogP contribution < -0.4 is 14.8 Å². The maximum absolute atomic E-state index is 12.3. The Kier molecular flexibility index (Phi) is 9.35. The molecule has 2 aromatic rings. The maximum Gasteiger partial charge on any atom is 0.220 e. The quantitative estimate of drug-likeness (QED) is 0.561. The van der Waals surface area contributed by atoms with Crippen LogP contribution in [0.4, 0.5) is 0 Å². The Balaban J connectivity index is 1.85. The van der Waals surface area contributed by atoms with Gasteiger partial charge in [0.25, 0.3) is 0 Å². The molecule has 0 saturated heterocycles. The monoisotopic (exact) mass is 384 g/mol. The third-order valence-corrected chi connectivity index (χ3v) is 4.78. The van der Waals surface area contributed by atoms with Crippen LogP contribution in [0.15, 0.2) is 54.6 Å². The number of amides is 1. The molecule has 1 atom stereocenters. The Bertz CT molecular complexity index is 702. The van der Waals surface area contributed by atoms with Crippen LogP contribution in [0, 0.1) is 0 Å². The number of nitrogens with one attached hydrogen (secondary N) is 1. The van der Waals surface area contributed by atoms with Crippen molar-refractivity contribution in [2.45, 2.75) is 32.7 Å². The lowest BCUT2D eigenvalue weighted by Crippen LogP contribution is -2.38. The topological polar surface area (TPSA) is 50.8 Å². The van der Waals surface area contributed by atoms with Crippen molar-refractivity contribution >= 4 is 5.91 Å². The summed E-state index contributed by atoms with van der Waals surface area (Å²) in [7, 11) is 1.67. The van der Waals surface area contributed by atoms with Crippen LogP contribution in [-0.2, 0) is 4.79 Å². The molecule has 2 aromatic carbocycles. The SMILES string of the molecule is CCN(CC)C(CNC(=O)CCCOc1ccccc1)c1cccc(OC)c1. The van der Waals surface area contributed by atoms with Gasteiger partial charge in [0.1, 0.15) is 11.5 Å². The molecule has 1 amide bonds. The molecule has 0 heterocycles. The number of para-hydroxylation sites is 1. The second kappa shape index (κ2) is 12.0. The summed E-state index contributed by atoms with van der Waals surface area (Å²) in [5.74, 6) is 1.72. The van der Waals surface area contributed by atoms with E-state index in [0.717, 1.165) is 30.2 Å². The van der Waals surface area contributed by atoms with Crippen molar-refractivity contribution in [3.05, 3.63) is 60.2 Å². The van der Waals surface area contributed by atoms with Crippen LogP contribution in [0.3, 0.4) is 0 Å². The van der Waals surface area contributed by atoms with Crippen LogP contribution in [0.25, 0.3) is 0 Å². The standard InChI is InChI=1S/C23H32N2O3/c1-4-25(5-2)22(19-11-9-14-21(17-19)27-3)18-24-23(26)15-10-16-28-20-12-7-6-8-13-20/h6-9,11-14,17,22H,4-5,10,15-16,18H2,1-3H3,(H,24,26). The van der Waals surface area contributed by atoms with Crippen molar-refractivity contribution in [1.82, 2.24) is 10.2 Å². The second-order valence-electron chi connectivity index (χ2n) is 6.58. The molecule has 0 spiro atoms. The van der Waals surface area contributed by atoms with Crippen molar-refractivity contribution in [2.75, 3.05) is 33.4 Å². The van der Waals surface area contributed by atoms with Gasteiger partial charge >= 0.3 is 0 Å². The number of hydrogen-bond acceptors (Lipinski definition) is 4. The zero-order chi connectivity index (χ0) is 20.2. The van der Waals surface area contributed by atoms with Crippen LogP contribution in [0.2, 0.25) is 0 Å². The van der Waals surface area contributed by atoms with Crippen LogP contribution in [-0.4, -0.2) is 44.2 Å². The van der Waals surface area contributed by atoms with E-state index in [1.807, 2.05) is 48.5 Å². The van der Waals surface area contributed by atoms with E-state index in [0.29, 0.717) is 26.0 Å².